The van der Waals surface area contributed by atoms with Crippen molar-refractivity contribution in [2.75, 3.05) is 20.1 Å². The van der Waals surface area contributed by atoms with Crippen LogP contribution in [-0.4, -0.2) is 49.2 Å². The van der Waals surface area contributed by atoms with E-state index in [-0.39, 0.29) is 24.0 Å². The number of rotatable bonds is 5. The first-order valence-electron chi connectivity index (χ1n) is 9.05. The first kappa shape index (κ1) is 20.5. The summed E-state index contributed by atoms with van der Waals surface area (Å²) >= 11 is 0. The first-order valence-corrected chi connectivity index (χ1v) is 9.05. The first-order chi connectivity index (χ1) is 11.6. The molecule has 2 atom stereocenters. The average molecular weight is 458 g/mol. The molecule has 3 rings (SSSR count). The number of halogens is 1. The van der Waals surface area contributed by atoms with Gasteiger partial charge < -0.3 is 15.4 Å². The van der Waals surface area contributed by atoms with Crippen LogP contribution < -0.4 is 10.6 Å². The van der Waals surface area contributed by atoms with E-state index in [1.807, 2.05) is 7.05 Å². The molecule has 2 fully saturated rings. The highest BCUT2D eigenvalue weighted by molar-refractivity contribution is 14.0. The lowest BCUT2D eigenvalue weighted by Crippen LogP contribution is -2.44. The molecular weight excluding hydrogens is 427 g/mol. The highest BCUT2D eigenvalue weighted by Gasteiger charge is 2.22. The van der Waals surface area contributed by atoms with Crippen molar-refractivity contribution in [3.8, 4) is 0 Å². The van der Waals surface area contributed by atoms with Crippen LogP contribution in [0.4, 0.5) is 0 Å². The molecule has 1 saturated carbocycles. The Labute approximate surface area is 168 Å². The van der Waals surface area contributed by atoms with Gasteiger partial charge in [-0.15, -0.1) is 24.0 Å². The fourth-order valence-corrected chi connectivity index (χ4v) is 3.24. The van der Waals surface area contributed by atoms with Crippen LogP contribution in [0.3, 0.4) is 0 Å². The third-order valence-electron chi connectivity index (χ3n) is 4.53. The molecule has 1 heterocycles. The zero-order valence-electron chi connectivity index (χ0n) is 15.5. The Balaban J connectivity index is 0.00000225. The van der Waals surface area contributed by atoms with Crippen LogP contribution in [0.15, 0.2) is 29.3 Å². The molecule has 1 aliphatic carbocycles. The van der Waals surface area contributed by atoms with Crippen molar-refractivity contribution >= 4 is 29.9 Å². The van der Waals surface area contributed by atoms with Crippen molar-refractivity contribution in [3.05, 3.63) is 35.4 Å². The SMILES string of the molecule is CN=C(NCc1ccc(CN2CC(C)OC(C)C2)cc1)NC1CC1.I. The highest BCUT2D eigenvalue weighted by atomic mass is 127. The molecule has 1 saturated heterocycles. The van der Waals surface area contributed by atoms with Crippen molar-refractivity contribution in [1.29, 1.82) is 0 Å². The number of aliphatic imine (C=N–C) groups is 1. The summed E-state index contributed by atoms with van der Waals surface area (Å²) in [5, 5.41) is 6.79. The molecule has 6 heteroatoms. The second-order valence-electron chi connectivity index (χ2n) is 7.11. The minimum atomic E-state index is 0. The standard InChI is InChI=1S/C19H30N4O.HI/c1-14-11-23(12-15(2)24-14)13-17-6-4-16(5-7-17)10-21-19(20-3)22-18-8-9-18;/h4-7,14-15,18H,8-13H2,1-3H3,(H2,20,21,22);1H. The monoisotopic (exact) mass is 458 g/mol. The fraction of sp³-hybridized carbons (Fsp3) is 0.632. The van der Waals surface area contributed by atoms with Crippen molar-refractivity contribution in [1.82, 2.24) is 15.5 Å². The molecule has 0 bridgehead atoms. The van der Waals surface area contributed by atoms with Crippen molar-refractivity contribution in [2.24, 2.45) is 4.99 Å². The van der Waals surface area contributed by atoms with Crippen LogP contribution >= 0.6 is 24.0 Å². The molecule has 2 unspecified atom stereocenters. The number of benzene rings is 1. The van der Waals surface area contributed by atoms with Gasteiger partial charge in [0.15, 0.2) is 5.96 Å². The quantitative estimate of drug-likeness (QED) is 0.405. The number of guanidine groups is 1. The van der Waals surface area contributed by atoms with Crippen LogP contribution in [-0.2, 0) is 17.8 Å². The van der Waals surface area contributed by atoms with Gasteiger partial charge in [-0.1, -0.05) is 24.3 Å². The fourth-order valence-electron chi connectivity index (χ4n) is 3.24. The zero-order chi connectivity index (χ0) is 16.9. The minimum absolute atomic E-state index is 0. The molecule has 0 radical (unpaired) electrons. The molecule has 2 aliphatic rings. The Morgan fingerprint density at radius 1 is 1.12 bits per heavy atom. The van der Waals surface area contributed by atoms with E-state index in [0.29, 0.717) is 18.2 Å². The van der Waals surface area contributed by atoms with Gasteiger partial charge in [0.1, 0.15) is 0 Å². The summed E-state index contributed by atoms with van der Waals surface area (Å²) in [5.74, 6) is 0.901. The summed E-state index contributed by atoms with van der Waals surface area (Å²) in [6, 6.07) is 9.51. The van der Waals surface area contributed by atoms with Crippen LogP contribution in [0, 0.1) is 0 Å². The number of nitrogens with zero attached hydrogens (tertiary/aromatic N) is 2. The number of nitrogens with one attached hydrogen (secondary N) is 2. The van der Waals surface area contributed by atoms with E-state index < -0.39 is 0 Å². The van der Waals surface area contributed by atoms with Crippen molar-refractivity contribution in [3.63, 3.8) is 0 Å². The van der Waals surface area contributed by atoms with Crippen molar-refractivity contribution in [2.45, 2.75) is 58.0 Å². The Morgan fingerprint density at radius 3 is 2.28 bits per heavy atom. The maximum Gasteiger partial charge on any atom is 0.191 e. The normalized spacial score (nSPS) is 24.5. The second-order valence-corrected chi connectivity index (χ2v) is 7.11. The number of ether oxygens (including phenoxy) is 1. The maximum atomic E-state index is 5.80. The van der Waals surface area contributed by atoms with Gasteiger partial charge in [-0.25, -0.2) is 0 Å². The van der Waals surface area contributed by atoms with Crippen LogP contribution in [0.2, 0.25) is 0 Å². The topological polar surface area (TPSA) is 48.9 Å². The van der Waals surface area contributed by atoms with E-state index >= 15 is 0 Å². The van der Waals surface area contributed by atoms with E-state index in [1.54, 1.807) is 0 Å². The summed E-state index contributed by atoms with van der Waals surface area (Å²) in [5.41, 5.74) is 2.64. The summed E-state index contributed by atoms with van der Waals surface area (Å²) in [7, 11) is 1.82. The summed E-state index contributed by atoms with van der Waals surface area (Å²) in [6.45, 7) is 8.13. The molecule has 0 amide bonds. The van der Waals surface area contributed by atoms with Gasteiger partial charge in [-0.2, -0.15) is 0 Å². The molecule has 0 spiro atoms. The lowest BCUT2D eigenvalue weighted by molar-refractivity contribution is -0.0704. The average Bonchev–Trinajstić information content (AvgIpc) is 3.36. The molecule has 5 nitrogen and oxygen atoms in total. The van der Waals surface area contributed by atoms with Gasteiger partial charge in [-0.3, -0.25) is 9.89 Å². The Hall–Kier alpha value is -0.860. The molecule has 0 aromatic heterocycles. The van der Waals surface area contributed by atoms with Gasteiger partial charge in [0.05, 0.1) is 12.2 Å². The van der Waals surface area contributed by atoms with Crippen LogP contribution in [0.5, 0.6) is 0 Å². The molecule has 2 N–H and O–H groups in total. The smallest absolute Gasteiger partial charge is 0.191 e. The van der Waals surface area contributed by atoms with Gasteiger partial charge in [0.2, 0.25) is 0 Å². The zero-order valence-corrected chi connectivity index (χ0v) is 17.8. The Kier molecular flexibility index (Phi) is 7.96. The third kappa shape index (κ3) is 6.75. The molecule has 1 aromatic carbocycles. The van der Waals surface area contributed by atoms with Gasteiger partial charge in [0.25, 0.3) is 0 Å². The summed E-state index contributed by atoms with van der Waals surface area (Å²) in [4.78, 5) is 6.75. The third-order valence-corrected chi connectivity index (χ3v) is 4.53. The van der Waals surface area contributed by atoms with E-state index in [9.17, 15) is 0 Å². The molecule has 25 heavy (non-hydrogen) atoms. The van der Waals surface area contributed by atoms with Gasteiger partial charge >= 0.3 is 0 Å². The van der Waals surface area contributed by atoms with E-state index in [4.69, 9.17) is 4.74 Å². The predicted molar refractivity (Wildman–Crippen MR) is 113 cm³/mol. The van der Waals surface area contributed by atoms with E-state index in [1.165, 1.54) is 24.0 Å². The molecule has 140 valence electrons. The lowest BCUT2D eigenvalue weighted by atomic mass is 10.1. The number of hydrogen-bond acceptors (Lipinski definition) is 3. The molecular formula is C19H31IN4O. The number of morpholine rings is 1. The molecule has 1 aromatic rings. The second kappa shape index (κ2) is 9.73. The predicted octanol–water partition coefficient (Wildman–Crippen LogP) is 2.74. The minimum Gasteiger partial charge on any atom is -0.373 e. The summed E-state index contributed by atoms with van der Waals surface area (Å²) in [6.07, 6.45) is 3.16. The summed E-state index contributed by atoms with van der Waals surface area (Å²) < 4.78 is 5.80. The maximum absolute atomic E-state index is 5.80. The van der Waals surface area contributed by atoms with E-state index in [0.717, 1.165) is 32.1 Å². The van der Waals surface area contributed by atoms with Crippen molar-refractivity contribution < 1.29 is 4.74 Å². The highest BCUT2D eigenvalue weighted by Crippen LogP contribution is 2.18. The Bertz CT molecular complexity index is 549. The van der Waals surface area contributed by atoms with Gasteiger partial charge in [0, 0.05) is 39.3 Å². The van der Waals surface area contributed by atoms with Gasteiger partial charge in [-0.05, 0) is 37.8 Å². The lowest BCUT2D eigenvalue weighted by Gasteiger charge is -2.35. The largest absolute Gasteiger partial charge is 0.373 e. The number of hydrogen-bond donors (Lipinski definition) is 2. The Morgan fingerprint density at radius 2 is 1.72 bits per heavy atom. The van der Waals surface area contributed by atoms with E-state index in [2.05, 4.69) is 58.6 Å². The van der Waals surface area contributed by atoms with Crippen LogP contribution in [0.1, 0.15) is 37.8 Å². The van der Waals surface area contributed by atoms with Crippen LogP contribution in [0.25, 0.3) is 0 Å². The molecule has 1 aliphatic heterocycles.